The Hall–Kier alpha value is -3.48. The second kappa shape index (κ2) is 6.33. The van der Waals surface area contributed by atoms with Crippen molar-refractivity contribution in [2.45, 2.75) is 6.92 Å². The Morgan fingerprint density at radius 1 is 1.12 bits per heavy atom. The summed E-state index contributed by atoms with van der Waals surface area (Å²) in [5, 5.41) is 15.5. The highest BCUT2D eigenvalue weighted by Gasteiger charge is 2.15. The van der Waals surface area contributed by atoms with Gasteiger partial charge in [0, 0.05) is 18.0 Å². The van der Waals surface area contributed by atoms with Crippen molar-refractivity contribution >= 4 is 17.6 Å². The molecule has 3 aromatic rings. The van der Waals surface area contributed by atoms with Crippen molar-refractivity contribution in [2.75, 3.05) is 5.32 Å². The highest BCUT2D eigenvalue weighted by Crippen LogP contribution is 2.19. The Labute approximate surface area is 136 Å². The van der Waals surface area contributed by atoms with E-state index in [4.69, 9.17) is 9.63 Å². The number of carboxylic acid groups (broad SMARTS) is 1. The molecule has 7 nitrogen and oxygen atoms in total. The van der Waals surface area contributed by atoms with Crippen LogP contribution in [0.3, 0.4) is 0 Å². The van der Waals surface area contributed by atoms with E-state index in [1.54, 1.807) is 31.3 Å². The van der Waals surface area contributed by atoms with Gasteiger partial charge in [0.2, 0.25) is 5.76 Å². The van der Waals surface area contributed by atoms with E-state index in [-0.39, 0.29) is 11.3 Å². The predicted molar refractivity (Wildman–Crippen MR) is 85.8 cm³/mol. The van der Waals surface area contributed by atoms with Gasteiger partial charge < -0.3 is 14.9 Å². The van der Waals surface area contributed by atoms with E-state index < -0.39 is 11.9 Å². The molecule has 0 aliphatic carbocycles. The number of carbonyl (C=O) groups is 2. The number of nitrogens with one attached hydrogen (secondary N) is 1. The number of hydrogen-bond donors (Lipinski definition) is 2. The quantitative estimate of drug-likeness (QED) is 0.764. The maximum Gasteiger partial charge on any atom is 0.335 e. The highest BCUT2D eigenvalue weighted by atomic mass is 16.5. The van der Waals surface area contributed by atoms with Crippen LogP contribution in [0.5, 0.6) is 0 Å². The molecular formula is C17H13N3O4. The van der Waals surface area contributed by atoms with Crippen molar-refractivity contribution in [2.24, 2.45) is 0 Å². The third-order valence-electron chi connectivity index (χ3n) is 3.38. The Morgan fingerprint density at radius 3 is 2.62 bits per heavy atom. The predicted octanol–water partition coefficient (Wildman–Crippen LogP) is 3.00. The smallest absolute Gasteiger partial charge is 0.335 e. The Bertz CT molecular complexity index is 903. The largest absolute Gasteiger partial charge is 0.478 e. The van der Waals surface area contributed by atoms with E-state index in [1.807, 2.05) is 6.07 Å². The zero-order chi connectivity index (χ0) is 17.1. The standard InChI is InChI=1S/C17H13N3O4/c1-10-8-11(5-6-12(10)17(22)23)19-16(21)15-9-14(20-24-15)13-4-2-3-7-18-13/h2-9H,1H3,(H,19,21)(H,22,23). The summed E-state index contributed by atoms with van der Waals surface area (Å²) in [6, 6.07) is 11.4. The van der Waals surface area contributed by atoms with Gasteiger partial charge in [0.15, 0.2) is 0 Å². The maximum atomic E-state index is 12.2. The molecule has 0 aliphatic heterocycles. The van der Waals surface area contributed by atoms with Gasteiger partial charge in [-0.15, -0.1) is 0 Å². The van der Waals surface area contributed by atoms with Gasteiger partial charge in [0.1, 0.15) is 5.69 Å². The lowest BCUT2D eigenvalue weighted by molar-refractivity contribution is 0.0696. The molecule has 1 amide bonds. The summed E-state index contributed by atoms with van der Waals surface area (Å²) in [6.45, 7) is 1.66. The van der Waals surface area contributed by atoms with Crippen LogP contribution in [0.25, 0.3) is 11.4 Å². The van der Waals surface area contributed by atoms with Crippen LogP contribution < -0.4 is 5.32 Å². The molecular weight excluding hydrogens is 310 g/mol. The number of aromatic carboxylic acids is 1. The van der Waals surface area contributed by atoms with Crippen LogP contribution in [0.4, 0.5) is 5.69 Å². The fraction of sp³-hybridized carbons (Fsp3) is 0.0588. The molecule has 120 valence electrons. The number of carboxylic acids is 1. The summed E-state index contributed by atoms with van der Waals surface area (Å²) in [7, 11) is 0. The molecule has 2 heterocycles. The van der Waals surface area contributed by atoms with E-state index in [9.17, 15) is 9.59 Å². The summed E-state index contributed by atoms with van der Waals surface area (Å²) >= 11 is 0. The molecule has 0 radical (unpaired) electrons. The third-order valence-corrected chi connectivity index (χ3v) is 3.38. The molecule has 2 N–H and O–H groups in total. The average molecular weight is 323 g/mol. The van der Waals surface area contributed by atoms with Crippen LogP contribution >= 0.6 is 0 Å². The first-order valence-corrected chi connectivity index (χ1v) is 7.08. The fourth-order valence-electron chi connectivity index (χ4n) is 2.19. The van der Waals surface area contributed by atoms with E-state index in [1.165, 1.54) is 18.2 Å². The van der Waals surface area contributed by atoms with E-state index in [0.29, 0.717) is 22.6 Å². The molecule has 0 fully saturated rings. The molecule has 0 saturated heterocycles. The van der Waals surface area contributed by atoms with Crippen LogP contribution in [-0.4, -0.2) is 27.1 Å². The first-order chi connectivity index (χ1) is 11.5. The number of anilines is 1. The van der Waals surface area contributed by atoms with Crippen molar-refractivity contribution < 1.29 is 19.2 Å². The van der Waals surface area contributed by atoms with Crippen molar-refractivity contribution in [1.82, 2.24) is 10.1 Å². The summed E-state index contributed by atoms with van der Waals surface area (Å²) < 4.78 is 5.05. The zero-order valence-corrected chi connectivity index (χ0v) is 12.7. The molecule has 0 spiro atoms. The molecule has 0 bridgehead atoms. The SMILES string of the molecule is Cc1cc(NC(=O)c2cc(-c3ccccn3)no2)ccc1C(=O)O. The molecule has 7 heteroatoms. The lowest BCUT2D eigenvalue weighted by Crippen LogP contribution is -2.11. The van der Waals surface area contributed by atoms with Crippen LogP contribution in [0.1, 0.15) is 26.5 Å². The number of aromatic nitrogens is 2. The monoisotopic (exact) mass is 323 g/mol. The average Bonchev–Trinajstić information content (AvgIpc) is 3.05. The second-order valence-electron chi connectivity index (χ2n) is 5.08. The molecule has 2 aromatic heterocycles. The van der Waals surface area contributed by atoms with Gasteiger partial charge in [0.05, 0.1) is 11.3 Å². The van der Waals surface area contributed by atoms with Gasteiger partial charge in [-0.25, -0.2) is 4.79 Å². The molecule has 0 aliphatic rings. The van der Waals surface area contributed by atoms with Crippen LogP contribution in [-0.2, 0) is 0 Å². The summed E-state index contributed by atoms with van der Waals surface area (Å²) in [5.41, 5.74) is 2.26. The number of benzene rings is 1. The van der Waals surface area contributed by atoms with E-state index >= 15 is 0 Å². The van der Waals surface area contributed by atoms with E-state index in [0.717, 1.165) is 0 Å². The minimum Gasteiger partial charge on any atom is -0.478 e. The van der Waals surface area contributed by atoms with Gasteiger partial charge in [-0.3, -0.25) is 9.78 Å². The number of nitrogens with zero attached hydrogens (tertiary/aromatic N) is 2. The van der Waals surface area contributed by atoms with Gasteiger partial charge in [-0.1, -0.05) is 11.2 Å². The van der Waals surface area contributed by atoms with Gasteiger partial charge >= 0.3 is 5.97 Å². The van der Waals surface area contributed by atoms with Crippen molar-refractivity contribution in [3.63, 3.8) is 0 Å². The lowest BCUT2D eigenvalue weighted by atomic mass is 10.1. The summed E-state index contributed by atoms with van der Waals surface area (Å²) in [5.74, 6) is -1.46. The number of pyridine rings is 1. The number of carbonyl (C=O) groups excluding carboxylic acids is 1. The molecule has 1 aromatic carbocycles. The van der Waals surface area contributed by atoms with Crippen molar-refractivity contribution in [1.29, 1.82) is 0 Å². The van der Waals surface area contributed by atoms with Crippen molar-refractivity contribution in [3.05, 3.63) is 65.5 Å². The Kier molecular flexibility index (Phi) is 4.07. The van der Waals surface area contributed by atoms with Gasteiger partial charge in [-0.2, -0.15) is 0 Å². The summed E-state index contributed by atoms with van der Waals surface area (Å²) in [6.07, 6.45) is 1.62. The van der Waals surface area contributed by atoms with Crippen LogP contribution in [0.15, 0.2) is 53.2 Å². The first-order valence-electron chi connectivity index (χ1n) is 7.08. The van der Waals surface area contributed by atoms with Gasteiger partial charge in [-0.05, 0) is 42.8 Å². The number of hydrogen-bond acceptors (Lipinski definition) is 5. The number of amides is 1. The second-order valence-corrected chi connectivity index (χ2v) is 5.08. The summed E-state index contributed by atoms with van der Waals surface area (Å²) in [4.78, 5) is 27.3. The minimum absolute atomic E-state index is 0.0376. The van der Waals surface area contributed by atoms with Crippen LogP contribution in [0.2, 0.25) is 0 Å². The number of rotatable bonds is 4. The topological polar surface area (TPSA) is 105 Å². The molecule has 0 atom stereocenters. The lowest BCUT2D eigenvalue weighted by Gasteiger charge is -2.06. The fourth-order valence-corrected chi connectivity index (χ4v) is 2.19. The number of aryl methyl sites for hydroxylation is 1. The molecule has 3 rings (SSSR count). The Balaban J connectivity index is 1.77. The van der Waals surface area contributed by atoms with Gasteiger partial charge in [0.25, 0.3) is 5.91 Å². The molecule has 24 heavy (non-hydrogen) atoms. The van der Waals surface area contributed by atoms with Crippen molar-refractivity contribution in [3.8, 4) is 11.4 Å². The van der Waals surface area contributed by atoms with Crippen LogP contribution in [0, 0.1) is 6.92 Å². The Morgan fingerprint density at radius 2 is 1.96 bits per heavy atom. The molecule has 0 unspecified atom stereocenters. The van der Waals surface area contributed by atoms with E-state index in [2.05, 4.69) is 15.5 Å². The maximum absolute atomic E-state index is 12.2. The third kappa shape index (κ3) is 3.14. The molecule has 0 saturated carbocycles. The normalized spacial score (nSPS) is 10.4. The highest BCUT2D eigenvalue weighted by molar-refractivity contribution is 6.03. The minimum atomic E-state index is -1.01. The zero-order valence-electron chi connectivity index (χ0n) is 12.7. The first kappa shape index (κ1) is 15.4.